The van der Waals surface area contributed by atoms with Crippen LogP contribution in [0.4, 0.5) is 4.39 Å². The molecule has 0 radical (unpaired) electrons. The molecule has 10 heteroatoms. The quantitative estimate of drug-likeness (QED) is 0.612. The van der Waals surface area contributed by atoms with Crippen molar-refractivity contribution in [1.82, 2.24) is 19.9 Å². The van der Waals surface area contributed by atoms with E-state index in [1.165, 1.54) is 25.2 Å². The minimum atomic E-state index is -1.31. The number of halogens is 1. The number of aryl methyl sites for hydroxylation is 1. The number of carbonyl (C=O) groups excluding carboxylic acids is 1. The topological polar surface area (TPSA) is 134 Å². The maximum Gasteiger partial charge on any atom is 0.322 e. The van der Waals surface area contributed by atoms with E-state index in [1.807, 2.05) is 5.32 Å². The van der Waals surface area contributed by atoms with E-state index in [0.29, 0.717) is 0 Å². The Bertz CT molecular complexity index is 1140. The van der Waals surface area contributed by atoms with Crippen molar-refractivity contribution in [3.8, 4) is 17.1 Å². The summed E-state index contributed by atoms with van der Waals surface area (Å²) in [6, 6.07) is 5.79. The second-order valence-electron chi connectivity index (χ2n) is 5.57. The number of aliphatic carboxylic acids is 1. The van der Waals surface area contributed by atoms with Gasteiger partial charge >= 0.3 is 5.97 Å². The molecule has 3 aromatic rings. The van der Waals surface area contributed by atoms with Gasteiger partial charge in [0, 0.05) is 13.2 Å². The first kappa shape index (κ1) is 18.0. The highest BCUT2D eigenvalue weighted by Gasteiger charge is 2.23. The van der Waals surface area contributed by atoms with Gasteiger partial charge in [-0.15, -0.1) is 0 Å². The number of carboxylic acids is 1. The van der Waals surface area contributed by atoms with Crippen molar-refractivity contribution in [2.75, 3.05) is 6.54 Å². The van der Waals surface area contributed by atoms with Crippen molar-refractivity contribution in [3.05, 3.63) is 52.2 Å². The molecule has 138 valence electrons. The molecule has 27 heavy (non-hydrogen) atoms. The van der Waals surface area contributed by atoms with Crippen molar-refractivity contribution in [1.29, 1.82) is 0 Å². The maximum atomic E-state index is 14.0. The molecule has 0 aliphatic carbocycles. The van der Waals surface area contributed by atoms with Gasteiger partial charge < -0.3 is 15.5 Å². The Morgan fingerprint density at radius 3 is 2.67 bits per heavy atom. The number of rotatable bonds is 4. The molecule has 9 nitrogen and oxygen atoms in total. The standard InChI is InChI=1S/C17H13FN4O5/c1-22-15-9(6-19-14(21-15)8-4-2-3-5-10(8)18)13(25)12(17(22)27)16(26)20-7-11(23)24/h2-6,25H,7H2,1H3,(H,20,26)(H,23,24). The van der Waals surface area contributed by atoms with Gasteiger partial charge in [-0.05, 0) is 12.1 Å². The third-order valence-electron chi connectivity index (χ3n) is 3.84. The third kappa shape index (κ3) is 3.19. The number of nitrogens with zero attached hydrogens (tertiary/aromatic N) is 3. The predicted molar refractivity (Wildman–Crippen MR) is 91.8 cm³/mol. The Kier molecular flexibility index (Phi) is 4.55. The fourth-order valence-corrected chi connectivity index (χ4v) is 2.52. The van der Waals surface area contributed by atoms with Crippen LogP contribution in [0.1, 0.15) is 10.4 Å². The van der Waals surface area contributed by atoms with E-state index in [-0.39, 0.29) is 22.4 Å². The lowest BCUT2D eigenvalue weighted by Crippen LogP contribution is -2.35. The van der Waals surface area contributed by atoms with Crippen LogP contribution in [0, 0.1) is 5.82 Å². The van der Waals surface area contributed by atoms with Crippen molar-refractivity contribution in [2.45, 2.75) is 0 Å². The average molecular weight is 372 g/mol. The normalized spacial score (nSPS) is 10.7. The number of hydrogen-bond donors (Lipinski definition) is 3. The van der Waals surface area contributed by atoms with Gasteiger partial charge in [-0.25, -0.2) is 14.4 Å². The van der Waals surface area contributed by atoms with Crippen LogP contribution in [-0.2, 0) is 11.8 Å². The molecule has 0 bridgehead atoms. The fraction of sp³-hybridized carbons (Fsp3) is 0.118. The molecular weight excluding hydrogens is 359 g/mol. The number of aromatic hydroxyl groups is 1. The zero-order valence-corrected chi connectivity index (χ0v) is 13.9. The van der Waals surface area contributed by atoms with Gasteiger partial charge in [0.15, 0.2) is 5.82 Å². The summed E-state index contributed by atoms with van der Waals surface area (Å²) in [7, 11) is 1.32. The van der Waals surface area contributed by atoms with Crippen LogP contribution in [0.3, 0.4) is 0 Å². The third-order valence-corrected chi connectivity index (χ3v) is 3.84. The number of pyridine rings is 1. The molecule has 3 N–H and O–H groups in total. The number of nitrogens with one attached hydrogen (secondary N) is 1. The van der Waals surface area contributed by atoms with Crippen molar-refractivity contribution >= 4 is 22.9 Å². The summed E-state index contributed by atoms with van der Waals surface area (Å²) in [5, 5.41) is 21.0. The lowest BCUT2D eigenvalue weighted by Gasteiger charge is -2.11. The van der Waals surface area contributed by atoms with Crippen LogP contribution < -0.4 is 10.9 Å². The Morgan fingerprint density at radius 2 is 2.00 bits per heavy atom. The van der Waals surface area contributed by atoms with E-state index in [2.05, 4.69) is 9.97 Å². The molecule has 3 rings (SSSR count). The van der Waals surface area contributed by atoms with E-state index in [1.54, 1.807) is 6.07 Å². The second kappa shape index (κ2) is 6.83. The van der Waals surface area contributed by atoms with Gasteiger partial charge in [0.25, 0.3) is 11.5 Å². The van der Waals surface area contributed by atoms with E-state index < -0.39 is 41.1 Å². The largest absolute Gasteiger partial charge is 0.506 e. The molecule has 0 saturated heterocycles. The average Bonchev–Trinajstić information content (AvgIpc) is 2.64. The first-order valence-corrected chi connectivity index (χ1v) is 7.65. The molecule has 2 heterocycles. The van der Waals surface area contributed by atoms with Crippen molar-refractivity contribution in [2.24, 2.45) is 7.05 Å². The number of benzene rings is 1. The van der Waals surface area contributed by atoms with E-state index >= 15 is 0 Å². The highest BCUT2D eigenvalue weighted by Crippen LogP contribution is 2.27. The minimum Gasteiger partial charge on any atom is -0.506 e. The molecule has 0 aliphatic heterocycles. The fourth-order valence-electron chi connectivity index (χ4n) is 2.52. The highest BCUT2D eigenvalue weighted by atomic mass is 19.1. The highest BCUT2D eigenvalue weighted by molar-refractivity contribution is 6.02. The molecule has 2 aromatic heterocycles. The summed E-state index contributed by atoms with van der Waals surface area (Å²) in [6.07, 6.45) is 1.16. The monoisotopic (exact) mass is 372 g/mol. The van der Waals surface area contributed by atoms with Crippen molar-refractivity contribution < 1.29 is 24.2 Å². The number of hydrogen-bond acceptors (Lipinski definition) is 6. The number of aromatic nitrogens is 3. The Labute approximate surface area is 150 Å². The minimum absolute atomic E-state index is 0.00178. The molecule has 0 unspecified atom stereocenters. The Morgan fingerprint density at radius 1 is 1.30 bits per heavy atom. The first-order chi connectivity index (χ1) is 12.8. The van der Waals surface area contributed by atoms with Crippen LogP contribution in [0.2, 0.25) is 0 Å². The van der Waals surface area contributed by atoms with Gasteiger partial charge in [0.1, 0.15) is 29.3 Å². The molecular formula is C17H13FN4O5. The predicted octanol–water partition coefficient (Wildman–Crippen LogP) is 0.655. The zero-order valence-electron chi connectivity index (χ0n) is 13.9. The number of fused-ring (bicyclic) bond motifs is 1. The number of carboxylic acid groups (broad SMARTS) is 1. The van der Waals surface area contributed by atoms with E-state index in [9.17, 15) is 23.9 Å². The summed E-state index contributed by atoms with van der Waals surface area (Å²) in [6.45, 7) is -0.720. The summed E-state index contributed by atoms with van der Waals surface area (Å²) in [4.78, 5) is 43.2. The SMILES string of the molecule is Cn1c(=O)c(C(=O)NCC(=O)O)c(O)c2cnc(-c3ccccc3F)nc21. The molecule has 0 saturated carbocycles. The molecule has 0 fully saturated rings. The van der Waals surface area contributed by atoms with Crippen molar-refractivity contribution in [3.63, 3.8) is 0 Å². The maximum absolute atomic E-state index is 14.0. The first-order valence-electron chi connectivity index (χ1n) is 7.65. The molecule has 0 spiro atoms. The van der Waals surface area contributed by atoms with Gasteiger partial charge in [-0.1, -0.05) is 12.1 Å². The molecule has 0 aliphatic rings. The summed E-state index contributed by atoms with van der Waals surface area (Å²) in [5.74, 6) is -3.60. The number of amides is 1. The summed E-state index contributed by atoms with van der Waals surface area (Å²) in [5.41, 5.74) is -1.43. The smallest absolute Gasteiger partial charge is 0.322 e. The van der Waals surface area contributed by atoms with Gasteiger partial charge in [0.05, 0.1) is 10.9 Å². The van der Waals surface area contributed by atoms with Crippen LogP contribution in [0.5, 0.6) is 5.75 Å². The van der Waals surface area contributed by atoms with Crippen LogP contribution in [0.15, 0.2) is 35.3 Å². The van der Waals surface area contributed by atoms with Gasteiger partial charge in [-0.2, -0.15) is 0 Å². The van der Waals surface area contributed by atoms with Gasteiger partial charge in [-0.3, -0.25) is 19.0 Å². The molecule has 1 amide bonds. The summed E-state index contributed by atoms with van der Waals surface area (Å²) >= 11 is 0. The lowest BCUT2D eigenvalue weighted by molar-refractivity contribution is -0.135. The van der Waals surface area contributed by atoms with Crippen LogP contribution >= 0.6 is 0 Å². The Hall–Kier alpha value is -3.82. The van der Waals surface area contributed by atoms with E-state index in [4.69, 9.17) is 5.11 Å². The van der Waals surface area contributed by atoms with Crippen LogP contribution in [-0.4, -0.2) is 43.2 Å². The zero-order chi connectivity index (χ0) is 19.7. The second-order valence-corrected chi connectivity index (χ2v) is 5.57. The van der Waals surface area contributed by atoms with Gasteiger partial charge in [0.2, 0.25) is 0 Å². The molecule has 0 atom stereocenters. The van der Waals surface area contributed by atoms with Crippen LogP contribution in [0.25, 0.3) is 22.4 Å². The lowest BCUT2D eigenvalue weighted by atomic mass is 10.1. The summed E-state index contributed by atoms with van der Waals surface area (Å²) < 4.78 is 15.0. The van der Waals surface area contributed by atoms with E-state index in [0.717, 1.165) is 10.8 Å². The Balaban J connectivity index is 2.18. The molecule has 1 aromatic carbocycles. The number of carbonyl (C=O) groups is 2.